The number of hydrogen-bond acceptors (Lipinski definition) is 12. The van der Waals surface area contributed by atoms with E-state index in [2.05, 4.69) is 0 Å². The first-order valence-electron chi connectivity index (χ1n) is 18.5. The Morgan fingerprint density at radius 2 is 0.860 bits per heavy atom. The summed E-state index contributed by atoms with van der Waals surface area (Å²) in [7, 11) is -8.37. The first-order valence-corrected chi connectivity index (χ1v) is 22.4. The third kappa shape index (κ3) is 10.1. The molecule has 57 heavy (non-hydrogen) atoms. The second kappa shape index (κ2) is 19.9. The Labute approximate surface area is 336 Å². The number of nitrogens with two attached hydrogens (primary N) is 3. The van der Waals surface area contributed by atoms with E-state index in [1.165, 1.54) is 0 Å². The molecule has 0 saturated heterocycles. The maximum Gasteiger partial charge on any atom is 0.447 e. The van der Waals surface area contributed by atoms with Gasteiger partial charge in [0.05, 0.1) is 0 Å². The summed E-state index contributed by atoms with van der Waals surface area (Å²) >= 11 is 0. The fraction of sp³-hybridized carbons (Fsp3) is 0.143. The molecule has 0 amide bonds. The van der Waals surface area contributed by atoms with Crippen molar-refractivity contribution < 1.29 is 27.8 Å². The molecule has 7 rings (SSSR count). The van der Waals surface area contributed by atoms with E-state index in [0.717, 1.165) is 16.7 Å². The van der Waals surface area contributed by atoms with Crippen LogP contribution in [0.25, 0.3) is 0 Å². The lowest BCUT2D eigenvalue weighted by atomic mass is 10.1. The number of hydrogen-bond donors (Lipinski definition) is 3. The molecule has 0 radical (unpaired) electrons. The molecule has 0 aliphatic carbocycles. The predicted octanol–water partition coefficient (Wildman–Crippen LogP) is 9.81. The van der Waals surface area contributed by atoms with E-state index in [1.807, 2.05) is 164 Å². The molecule has 2 atom stereocenters. The van der Waals surface area contributed by atoms with Gasteiger partial charge in [0.25, 0.3) is 0 Å². The van der Waals surface area contributed by atoms with Crippen LogP contribution in [0.5, 0.6) is 34.5 Å². The van der Waals surface area contributed by atoms with Crippen molar-refractivity contribution in [1.29, 1.82) is 0 Å². The van der Waals surface area contributed by atoms with Crippen LogP contribution in [0.4, 0.5) is 0 Å². The van der Waals surface area contributed by atoms with E-state index in [1.54, 1.807) is 9.21 Å². The van der Waals surface area contributed by atoms with Gasteiger partial charge in [-0.3, -0.25) is 0 Å². The van der Waals surface area contributed by atoms with Crippen LogP contribution in [0.15, 0.2) is 168 Å². The minimum atomic E-state index is -3.97. The molecule has 1 aliphatic heterocycles. The van der Waals surface area contributed by atoms with Gasteiger partial charge < -0.3 is 45.0 Å². The van der Waals surface area contributed by atoms with Gasteiger partial charge in [-0.15, -0.1) is 4.52 Å². The smallest absolute Gasteiger partial charge is 0.440 e. The van der Waals surface area contributed by atoms with E-state index < -0.39 is 24.6 Å². The number of nitrogens with zero attached hydrogens (tertiary/aromatic N) is 3. The largest absolute Gasteiger partial charge is 0.447 e. The predicted molar refractivity (Wildman–Crippen MR) is 228 cm³/mol. The second-order valence-corrected chi connectivity index (χ2v) is 18.0. The molecular formula is C42H45N6O6P3. The van der Waals surface area contributed by atoms with Gasteiger partial charge in [0, 0.05) is 9.21 Å². The molecule has 6 aromatic carbocycles. The fourth-order valence-corrected chi connectivity index (χ4v) is 13.3. The summed E-state index contributed by atoms with van der Waals surface area (Å²) in [5, 5.41) is 0. The van der Waals surface area contributed by atoms with E-state index >= 15 is 0 Å². The third-order valence-electron chi connectivity index (χ3n) is 8.41. The molecule has 12 nitrogen and oxygen atoms in total. The third-order valence-corrected chi connectivity index (χ3v) is 15.2. The molecule has 0 bridgehead atoms. The normalized spacial score (nSPS) is 16.5. The Hall–Kier alpha value is -4.99. The van der Waals surface area contributed by atoms with Gasteiger partial charge in [0.15, 0.2) is 5.75 Å². The Kier molecular flexibility index (Phi) is 14.1. The van der Waals surface area contributed by atoms with Crippen LogP contribution in [-0.2, 0) is 19.3 Å². The van der Waals surface area contributed by atoms with Crippen molar-refractivity contribution in [2.24, 2.45) is 21.7 Å². The minimum Gasteiger partial charge on any atom is -0.440 e. The maximum absolute atomic E-state index is 7.28. The summed E-state index contributed by atoms with van der Waals surface area (Å²) in [6.45, 7) is 1.18. The number of rotatable bonds is 18. The summed E-state index contributed by atoms with van der Waals surface area (Å²) in [5.41, 5.74) is 21.0. The van der Waals surface area contributed by atoms with Gasteiger partial charge in [-0.1, -0.05) is 109 Å². The highest BCUT2D eigenvalue weighted by molar-refractivity contribution is 7.78. The SMILES string of the molecule is NCCc1ccccc1ON1P(Oc2ccccc2)N(Oc2ccccc2)P(Oc2ccccc2)N=P1(Oc1ccccc1CCN)Oc1ccccc1CCN. The average molecular weight is 823 g/mol. The molecule has 6 N–H and O–H groups in total. The maximum atomic E-state index is 7.28. The molecule has 15 heteroatoms. The molecule has 0 fully saturated rings. The Morgan fingerprint density at radius 3 is 1.35 bits per heavy atom. The van der Waals surface area contributed by atoms with Crippen molar-refractivity contribution >= 4 is 24.6 Å². The van der Waals surface area contributed by atoms with Crippen molar-refractivity contribution in [2.45, 2.75) is 19.3 Å². The quantitative estimate of drug-likeness (QED) is 0.0711. The van der Waals surface area contributed by atoms with Crippen LogP contribution in [0.3, 0.4) is 0 Å². The second-order valence-electron chi connectivity index (χ2n) is 12.5. The van der Waals surface area contributed by atoms with Gasteiger partial charge >= 0.3 is 24.6 Å². The van der Waals surface area contributed by atoms with E-state index in [9.17, 15) is 0 Å². The number of benzene rings is 6. The van der Waals surface area contributed by atoms with Crippen LogP contribution < -0.4 is 45.0 Å². The van der Waals surface area contributed by atoms with Crippen molar-refractivity contribution in [3.05, 3.63) is 180 Å². The summed E-state index contributed by atoms with van der Waals surface area (Å²) in [5.74, 6) is 3.16. The van der Waals surface area contributed by atoms with E-state index in [4.69, 9.17) is 49.5 Å². The molecule has 0 aromatic heterocycles. The Bertz CT molecular complexity index is 2170. The lowest BCUT2D eigenvalue weighted by Crippen LogP contribution is -2.37. The van der Waals surface area contributed by atoms with Gasteiger partial charge in [-0.2, -0.15) is 0 Å². The lowest BCUT2D eigenvalue weighted by molar-refractivity contribution is 0.0538. The molecule has 0 spiro atoms. The van der Waals surface area contributed by atoms with Crippen molar-refractivity contribution in [1.82, 2.24) is 9.21 Å². The number of para-hydroxylation sites is 6. The van der Waals surface area contributed by atoms with E-state index in [0.29, 0.717) is 73.4 Å². The van der Waals surface area contributed by atoms with Crippen LogP contribution in [0.1, 0.15) is 16.7 Å². The fourth-order valence-electron chi connectivity index (χ4n) is 5.73. The van der Waals surface area contributed by atoms with Crippen LogP contribution in [-0.4, -0.2) is 28.8 Å². The minimum absolute atomic E-state index is 0.391. The monoisotopic (exact) mass is 822 g/mol. The zero-order valence-corrected chi connectivity index (χ0v) is 33.9. The molecule has 1 aliphatic rings. The molecule has 0 saturated carbocycles. The van der Waals surface area contributed by atoms with Crippen LogP contribution in [0, 0.1) is 0 Å². The van der Waals surface area contributed by atoms with E-state index in [-0.39, 0.29) is 0 Å². The zero-order chi connectivity index (χ0) is 39.3. The molecule has 1 heterocycles. The van der Waals surface area contributed by atoms with Gasteiger partial charge in [-0.25, -0.2) is 0 Å². The molecule has 6 aromatic rings. The molecule has 2 unspecified atom stereocenters. The standard InChI is InChI=1S/C42H45N6O6P3/c43-31-28-34-16-10-13-25-40(34)50-48-56(52-39-23-8-3-9-24-39)47(49-37-19-4-1-5-20-37)55(51-38-21-6-2-7-22-38)46-57(48,53-41-26-14-11-17-35(41)29-32-44)54-42-27-15-12-18-36(42)30-33-45/h1-27H,28-33,43-45H2. The summed E-state index contributed by atoms with van der Waals surface area (Å²) in [4.78, 5) is 13.9. The Morgan fingerprint density at radius 1 is 0.456 bits per heavy atom. The summed E-state index contributed by atoms with van der Waals surface area (Å²) in [6.07, 6.45) is 1.61. The van der Waals surface area contributed by atoms with Crippen molar-refractivity contribution in [2.75, 3.05) is 19.6 Å². The average Bonchev–Trinajstić information content (AvgIpc) is 3.24. The highest BCUT2D eigenvalue weighted by Gasteiger charge is 2.58. The first-order chi connectivity index (χ1) is 28.1. The van der Waals surface area contributed by atoms with Gasteiger partial charge in [0.1, 0.15) is 28.7 Å². The highest BCUT2D eigenvalue weighted by Crippen LogP contribution is 2.78. The van der Waals surface area contributed by atoms with Crippen LogP contribution >= 0.6 is 24.6 Å². The first kappa shape index (κ1) is 40.2. The Balaban J connectivity index is 1.53. The topological polar surface area (TPSA) is 152 Å². The highest BCUT2D eigenvalue weighted by atomic mass is 31.3. The van der Waals surface area contributed by atoms with Crippen molar-refractivity contribution in [3.63, 3.8) is 0 Å². The summed E-state index contributed by atoms with van der Waals surface area (Å²) in [6, 6.07) is 51.4. The van der Waals surface area contributed by atoms with Crippen molar-refractivity contribution in [3.8, 4) is 34.5 Å². The van der Waals surface area contributed by atoms with Gasteiger partial charge in [0.2, 0.25) is 0 Å². The molecular weight excluding hydrogens is 777 g/mol. The zero-order valence-electron chi connectivity index (χ0n) is 31.2. The van der Waals surface area contributed by atoms with Gasteiger partial charge in [-0.05, 0) is 110 Å². The van der Waals surface area contributed by atoms with Crippen LogP contribution in [0.2, 0.25) is 0 Å². The lowest BCUT2D eigenvalue weighted by Gasteiger charge is -2.44. The summed E-state index contributed by atoms with van der Waals surface area (Å²) < 4.78 is 37.1. The molecule has 294 valence electrons.